The van der Waals surface area contributed by atoms with Crippen molar-refractivity contribution in [1.29, 1.82) is 0 Å². The topological polar surface area (TPSA) is 42.6 Å². The molecule has 1 N–H and O–H groups in total. The fourth-order valence-electron chi connectivity index (χ4n) is 1.44. The van der Waals surface area contributed by atoms with Gasteiger partial charge in [-0.1, -0.05) is 18.2 Å². The Morgan fingerprint density at radius 3 is 2.69 bits per heavy atom. The molecule has 1 aromatic carbocycles. The maximum absolute atomic E-state index is 9.75. The van der Waals surface area contributed by atoms with E-state index in [4.69, 9.17) is 9.15 Å². The van der Waals surface area contributed by atoms with Gasteiger partial charge in [0.15, 0.2) is 0 Å². The molecule has 1 unspecified atom stereocenters. The molecule has 3 nitrogen and oxygen atoms in total. The Morgan fingerprint density at radius 2 is 2.00 bits per heavy atom. The molecule has 0 aliphatic heterocycles. The number of aliphatic hydroxyl groups is 1. The third-order valence-corrected chi connectivity index (χ3v) is 2.33. The first-order chi connectivity index (χ1) is 7.86. The first-order valence-corrected chi connectivity index (χ1v) is 5.24. The number of furan rings is 1. The zero-order valence-corrected chi connectivity index (χ0v) is 8.87. The summed E-state index contributed by atoms with van der Waals surface area (Å²) in [6, 6.07) is 11.3. The molecule has 2 rings (SSSR count). The van der Waals surface area contributed by atoms with Crippen LogP contribution in [0, 0.1) is 0 Å². The second-order valence-electron chi connectivity index (χ2n) is 3.52. The van der Waals surface area contributed by atoms with Gasteiger partial charge in [-0.3, -0.25) is 0 Å². The van der Waals surface area contributed by atoms with E-state index in [0.717, 1.165) is 11.3 Å². The summed E-state index contributed by atoms with van der Waals surface area (Å²) in [4.78, 5) is 0. The molecule has 2 aromatic rings. The molecule has 0 radical (unpaired) electrons. The average Bonchev–Trinajstić information content (AvgIpc) is 2.84. The van der Waals surface area contributed by atoms with Gasteiger partial charge >= 0.3 is 0 Å². The molecule has 0 aliphatic rings. The molecule has 0 amide bonds. The lowest BCUT2D eigenvalue weighted by Gasteiger charge is -2.09. The van der Waals surface area contributed by atoms with E-state index in [1.165, 1.54) is 0 Å². The van der Waals surface area contributed by atoms with Crippen LogP contribution < -0.4 is 4.74 Å². The van der Waals surface area contributed by atoms with E-state index < -0.39 is 6.10 Å². The highest BCUT2D eigenvalue weighted by Crippen LogP contribution is 2.17. The van der Waals surface area contributed by atoms with Gasteiger partial charge < -0.3 is 14.3 Å². The normalized spacial score (nSPS) is 12.3. The monoisotopic (exact) mass is 218 g/mol. The second kappa shape index (κ2) is 5.37. The molecule has 1 heterocycles. The van der Waals surface area contributed by atoms with Gasteiger partial charge in [-0.25, -0.2) is 0 Å². The molecule has 0 aliphatic carbocycles. The maximum Gasteiger partial charge on any atom is 0.119 e. The van der Waals surface area contributed by atoms with Gasteiger partial charge in [0.25, 0.3) is 0 Å². The maximum atomic E-state index is 9.75. The fraction of sp³-hybridized carbons (Fsp3) is 0.231. The van der Waals surface area contributed by atoms with E-state index >= 15 is 0 Å². The molecule has 1 aromatic heterocycles. The smallest absolute Gasteiger partial charge is 0.119 e. The van der Waals surface area contributed by atoms with Crippen molar-refractivity contribution in [2.45, 2.75) is 12.5 Å². The van der Waals surface area contributed by atoms with E-state index in [1.54, 1.807) is 18.6 Å². The molecule has 1 atom stereocenters. The van der Waals surface area contributed by atoms with Crippen molar-refractivity contribution in [3.63, 3.8) is 0 Å². The van der Waals surface area contributed by atoms with E-state index in [-0.39, 0.29) is 0 Å². The lowest BCUT2D eigenvalue weighted by molar-refractivity contribution is 0.140. The van der Waals surface area contributed by atoms with Gasteiger partial charge in [0.1, 0.15) is 5.75 Å². The minimum absolute atomic E-state index is 0.483. The summed E-state index contributed by atoms with van der Waals surface area (Å²) in [5.41, 5.74) is 0.789. The van der Waals surface area contributed by atoms with Crippen molar-refractivity contribution >= 4 is 0 Å². The van der Waals surface area contributed by atoms with Crippen molar-refractivity contribution in [3.05, 3.63) is 54.5 Å². The van der Waals surface area contributed by atoms with Crippen LogP contribution in [-0.4, -0.2) is 11.7 Å². The molecular weight excluding hydrogens is 204 g/mol. The second-order valence-corrected chi connectivity index (χ2v) is 3.52. The van der Waals surface area contributed by atoms with Crippen LogP contribution in [0.5, 0.6) is 5.75 Å². The van der Waals surface area contributed by atoms with Crippen LogP contribution in [0.25, 0.3) is 0 Å². The zero-order chi connectivity index (χ0) is 11.2. The Kier molecular flexibility index (Phi) is 3.62. The summed E-state index contributed by atoms with van der Waals surface area (Å²) in [6.07, 6.45) is 3.13. The molecule has 0 spiro atoms. The SMILES string of the molecule is OC(CCOc1ccccc1)c1ccoc1. The Balaban J connectivity index is 1.76. The number of rotatable bonds is 5. The van der Waals surface area contributed by atoms with Gasteiger partial charge in [0, 0.05) is 12.0 Å². The summed E-state index contributed by atoms with van der Waals surface area (Å²) < 4.78 is 10.4. The molecule has 3 heteroatoms. The summed E-state index contributed by atoms with van der Waals surface area (Å²) in [5.74, 6) is 0.821. The number of ether oxygens (including phenoxy) is 1. The van der Waals surface area contributed by atoms with Gasteiger partial charge in [-0.05, 0) is 18.2 Å². The van der Waals surface area contributed by atoms with Crippen molar-refractivity contribution in [3.8, 4) is 5.75 Å². The van der Waals surface area contributed by atoms with Crippen molar-refractivity contribution < 1.29 is 14.3 Å². The number of hydrogen-bond acceptors (Lipinski definition) is 3. The van der Waals surface area contributed by atoms with Crippen LogP contribution in [0.15, 0.2) is 53.3 Å². The average molecular weight is 218 g/mol. The van der Waals surface area contributed by atoms with E-state index in [2.05, 4.69) is 0 Å². The summed E-state index contributed by atoms with van der Waals surface area (Å²) in [6.45, 7) is 0.483. The van der Waals surface area contributed by atoms with Crippen molar-refractivity contribution in [1.82, 2.24) is 0 Å². The van der Waals surface area contributed by atoms with Crippen LogP contribution in [0.1, 0.15) is 18.1 Å². The Labute approximate surface area is 94.3 Å². The number of aliphatic hydroxyl groups excluding tert-OH is 1. The molecule has 0 bridgehead atoms. The standard InChI is InChI=1S/C13H14O3/c14-13(11-6-8-15-10-11)7-9-16-12-4-2-1-3-5-12/h1-6,8,10,13-14H,7,9H2. The summed E-state index contributed by atoms with van der Waals surface area (Å²) >= 11 is 0. The quantitative estimate of drug-likeness (QED) is 0.839. The Bertz CT molecular complexity index is 394. The molecule has 84 valence electrons. The highest BCUT2D eigenvalue weighted by molar-refractivity contribution is 5.20. The third kappa shape index (κ3) is 2.87. The molecule has 0 saturated heterocycles. The number of para-hydroxylation sites is 1. The van der Waals surface area contributed by atoms with Crippen LogP contribution in [0.2, 0.25) is 0 Å². The van der Waals surface area contributed by atoms with Gasteiger partial charge in [0.05, 0.1) is 25.2 Å². The summed E-state index contributed by atoms with van der Waals surface area (Å²) in [7, 11) is 0. The molecule has 0 fully saturated rings. The predicted octanol–water partition coefficient (Wildman–Crippen LogP) is 2.78. The number of benzene rings is 1. The van der Waals surface area contributed by atoms with Crippen molar-refractivity contribution in [2.24, 2.45) is 0 Å². The van der Waals surface area contributed by atoms with Crippen LogP contribution in [-0.2, 0) is 0 Å². The van der Waals surface area contributed by atoms with Crippen LogP contribution in [0.4, 0.5) is 0 Å². The lowest BCUT2D eigenvalue weighted by Crippen LogP contribution is -2.04. The van der Waals surface area contributed by atoms with Crippen molar-refractivity contribution in [2.75, 3.05) is 6.61 Å². The Hall–Kier alpha value is -1.74. The highest BCUT2D eigenvalue weighted by Gasteiger charge is 2.08. The Morgan fingerprint density at radius 1 is 1.19 bits per heavy atom. The van der Waals surface area contributed by atoms with E-state index in [0.29, 0.717) is 13.0 Å². The zero-order valence-electron chi connectivity index (χ0n) is 8.87. The van der Waals surface area contributed by atoms with E-state index in [9.17, 15) is 5.11 Å². The number of hydrogen-bond donors (Lipinski definition) is 1. The lowest BCUT2D eigenvalue weighted by atomic mass is 10.1. The minimum Gasteiger partial charge on any atom is -0.493 e. The first-order valence-electron chi connectivity index (χ1n) is 5.24. The van der Waals surface area contributed by atoms with Crippen LogP contribution >= 0.6 is 0 Å². The van der Waals surface area contributed by atoms with Gasteiger partial charge in [-0.2, -0.15) is 0 Å². The minimum atomic E-state index is -0.525. The highest BCUT2D eigenvalue weighted by atomic mass is 16.5. The van der Waals surface area contributed by atoms with Gasteiger partial charge in [-0.15, -0.1) is 0 Å². The third-order valence-electron chi connectivity index (χ3n) is 2.33. The predicted molar refractivity (Wildman–Crippen MR) is 60.2 cm³/mol. The van der Waals surface area contributed by atoms with E-state index in [1.807, 2.05) is 30.3 Å². The molecule has 16 heavy (non-hydrogen) atoms. The van der Waals surface area contributed by atoms with Gasteiger partial charge in [0.2, 0.25) is 0 Å². The van der Waals surface area contributed by atoms with Crippen LogP contribution in [0.3, 0.4) is 0 Å². The fourth-order valence-corrected chi connectivity index (χ4v) is 1.44. The first kappa shape index (κ1) is 10.8. The molecular formula is C13H14O3. The molecule has 0 saturated carbocycles. The largest absolute Gasteiger partial charge is 0.493 e. The summed E-state index contributed by atoms with van der Waals surface area (Å²) in [5, 5.41) is 9.75.